The number of hydrogen-bond donors (Lipinski definition) is 1. The van der Waals surface area contributed by atoms with Crippen LogP contribution in [0.2, 0.25) is 0 Å². The van der Waals surface area contributed by atoms with E-state index in [0.717, 1.165) is 0 Å². The summed E-state index contributed by atoms with van der Waals surface area (Å²) >= 11 is 0. The van der Waals surface area contributed by atoms with E-state index in [2.05, 4.69) is 6.58 Å². The van der Waals surface area contributed by atoms with Gasteiger partial charge in [0.15, 0.2) is 0 Å². The summed E-state index contributed by atoms with van der Waals surface area (Å²) in [6.45, 7) is 20.0. The summed E-state index contributed by atoms with van der Waals surface area (Å²) in [4.78, 5) is 53.7. The molecule has 0 amide bonds. The molecule has 1 aromatic carbocycles. The second-order valence-electron chi connectivity index (χ2n) is 16.0. The second kappa shape index (κ2) is 16.1. The fraction of sp³-hybridized carbons (Fsp3) is 0.548. The van der Waals surface area contributed by atoms with Crippen molar-refractivity contribution in [1.82, 2.24) is 0 Å². The first kappa shape index (κ1) is 41.1. The summed E-state index contributed by atoms with van der Waals surface area (Å²) in [6.07, 6.45) is 1.40. The van der Waals surface area contributed by atoms with Crippen molar-refractivity contribution in [2.75, 3.05) is 6.61 Å². The van der Waals surface area contributed by atoms with Crippen LogP contribution in [0.5, 0.6) is 5.75 Å². The number of aliphatic hydroxyl groups excluding tert-OH is 1. The Balaban J connectivity index is 1.94. The molecule has 4 rings (SSSR count). The molecule has 53 heavy (non-hydrogen) atoms. The van der Waals surface area contributed by atoms with E-state index >= 15 is 0 Å². The van der Waals surface area contributed by atoms with Crippen LogP contribution in [-0.4, -0.2) is 47.4 Å². The van der Waals surface area contributed by atoms with Gasteiger partial charge in [0, 0.05) is 17.1 Å². The van der Waals surface area contributed by atoms with E-state index in [-0.39, 0.29) is 42.1 Å². The van der Waals surface area contributed by atoms with E-state index < -0.39 is 76.0 Å². The van der Waals surface area contributed by atoms with Crippen LogP contribution in [0.25, 0.3) is 5.57 Å². The third-order valence-electron chi connectivity index (χ3n) is 10.8. The lowest BCUT2D eigenvalue weighted by atomic mass is 9.51. The fourth-order valence-corrected chi connectivity index (χ4v) is 7.61. The number of fused-ring (bicyclic) bond motifs is 2. The molecular weight excluding hydrogens is 678 g/mol. The van der Waals surface area contributed by atoms with Gasteiger partial charge in [-0.05, 0) is 82.1 Å². The summed E-state index contributed by atoms with van der Waals surface area (Å²) < 4.78 is 30.7. The Morgan fingerprint density at radius 3 is 2.26 bits per heavy atom. The Morgan fingerprint density at radius 1 is 1.04 bits per heavy atom. The fourth-order valence-electron chi connectivity index (χ4n) is 7.61. The van der Waals surface area contributed by atoms with Gasteiger partial charge in [-0.25, -0.2) is 9.59 Å². The zero-order valence-electron chi connectivity index (χ0n) is 32.3. The van der Waals surface area contributed by atoms with Gasteiger partial charge in [-0.2, -0.15) is 5.26 Å². The lowest BCUT2D eigenvalue weighted by Crippen LogP contribution is -2.59. The number of hydrogen-bond acceptors (Lipinski definition) is 11. The molecule has 11 heteroatoms. The summed E-state index contributed by atoms with van der Waals surface area (Å²) in [7, 11) is 0. The maximum Gasteiger partial charge on any atom is 0.345 e. The van der Waals surface area contributed by atoms with Crippen molar-refractivity contribution in [3.05, 3.63) is 81.9 Å². The van der Waals surface area contributed by atoms with Gasteiger partial charge in [0.25, 0.3) is 0 Å². The van der Waals surface area contributed by atoms with Crippen molar-refractivity contribution in [3.63, 3.8) is 0 Å². The molecule has 1 aliphatic heterocycles. The van der Waals surface area contributed by atoms with Gasteiger partial charge < -0.3 is 28.5 Å². The predicted molar refractivity (Wildman–Crippen MR) is 198 cm³/mol. The molecule has 2 aliphatic rings. The Bertz CT molecular complexity index is 1830. The van der Waals surface area contributed by atoms with Gasteiger partial charge in [0.1, 0.15) is 41.5 Å². The molecule has 0 bridgehead atoms. The highest BCUT2D eigenvalue weighted by Crippen LogP contribution is 2.59. The molecule has 1 aromatic heterocycles. The van der Waals surface area contributed by atoms with Crippen LogP contribution in [0.15, 0.2) is 58.3 Å². The second-order valence-corrected chi connectivity index (χ2v) is 16.0. The minimum atomic E-state index is -1.35. The van der Waals surface area contributed by atoms with Crippen molar-refractivity contribution < 1.29 is 42.9 Å². The van der Waals surface area contributed by atoms with Gasteiger partial charge in [0.05, 0.1) is 35.1 Å². The maximum absolute atomic E-state index is 13.9. The van der Waals surface area contributed by atoms with Crippen LogP contribution >= 0.6 is 0 Å². The van der Waals surface area contributed by atoms with Crippen LogP contribution in [0.3, 0.4) is 0 Å². The van der Waals surface area contributed by atoms with Gasteiger partial charge >= 0.3 is 23.5 Å². The van der Waals surface area contributed by atoms with Crippen LogP contribution < -0.4 is 10.4 Å². The van der Waals surface area contributed by atoms with E-state index in [9.17, 15) is 29.5 Å². The van der Waals surface area contributed by atoms with E-state index in [0.29, 0.717) is 24.0 Å². The third kappa shape index (κ3) is 8.93. The minimum absolute atomic E-state index is 0.0588. The van der Waals surface area contributed by atoms with E-state index in [4.69, 9.17) is 23.4 Å². The molecule has 1 saturated carbocycles. The van der Waals surface area contributed by atoms with Crippen LogP contribution in [-0.2, 0) is 23.8 Å². The number of nitrogens with zero attached hydrogens (tertiary/aromatic N) is 1. The largest absolute Gasteiger partial charge is 0.483 e. The highest BCUT2D eigenvalue weighted by atomic mass is 16.6. The molecule has 286 valence electrons. The average Bonchev–Trinajstić information content (AvgIpc) is 3.08. The van der Waals surface area contributed by atoms with Crippen molar-refractivity contribution in [1.29, 1.82) is 5.26 Å². The highest BCUT2D eigenvalue weighted by molar-refractivity contribution is 5.89. The quantitative estimate of drug-likeness (QED) is 0.154. The molecule has 1 fully saturated rings. The van der Waals surface area contributed by atoms with Crippen molar-refractivity contribution in [2.24, 2.45) is 28.6 Å². The van der Waals surface area contributed by atoms with Gasteiger partial charge in [0.2, 0.25) is 0 Å². The molecule has 0 radical (unpaired) electrons. The van der Waals surface area contributed by atoms with E-state index in [1.165, 1.54) is 30.3 Å². The standard InChI is InChI=1S/C42H53NO10/c1-11-12-26(6)30-19-31-35(39(48)50-30)29(44)21-41(9)18-17-33(51-37(46)25(4)5)42(10,23-49-36(45)24(2)3)32(41)20-34(40(7,8)53-31)52-38(47)28-15-13-27(22-43)14-16-28/h11-16,19,24-25,29,32-34,44H,6,17-18,20-21,23H2,1-5,7-10H3/b12-11-/t29-,32-,33+,34+,41-,42+/m1/s1. The molecule has 0 spiro atoms. The third-order valence-corrected chi connectivity index (χ3v) is 10.8. The normalized spacial score (nSPS) is 26.8. The molecular formula is C42H53NO10. The first-order valence-electron chi connectivity index (χ1n) is 18.2. The summed E-state index contributed by atoms with van der Waals surface area (Å²) in [5, 5.41) is 21.3. The molecule has 6 atom stereocenters. The molecule has 2 heterocycles. The number of allylic oxidation sites excluding steroid dienone is 3. The van der Waals surface area contributed by atoms with Gasteiger partial charge in [-0.15, -0.1) is 0 Å². The smallest absolute Gasteiger partial charge is 0.345 e. The molecule has 1 N–H and O–H groups in total. The van der Waals surface area contributed by atoms with Gasteiger partial charge in [-0.1, -0.05) is 60.3 Å². The maximum atomic E-state index is 13.9. The number of esters is 3. The zero-order chi connectivity index (χ0) is 39.5. The SMILES string of the molecule is C=C(/C=C\C)c1cc2c(c(=O)o1)[C@H](O)C[C@@]1(C)CC[C@H](OC(=O)C(C)C)[C@@](C)(COC(=O)C(C)C)[C@@H]1C[C@H](OC(=O)c1ccc(C#N)cc1)C(C)(C)O2. The Morgan fingerprint density at radius 2 is 1.68 bits per heavy atom. The molecule has 0 unspecified atom stereocenters. The number of carbonyl (C=O) groups excluding carboxylic acids is 3. The van der Waals surface area contributed by atoms with Crippen LogP contribution in [0.4, 0.5) is 0 Å². The van der Waals surface area contributed by atoms with Crippen LogP contribution in [0.1, 0.15) is 121 Å². The minimum Gasteiger partial charge on any atom is -0.483 e. The number of carbonyl (C=O) groups is 3. The first-order chi connectivity index (χ1) is 24.8. The van der Waals surface area contributed by atoms with Crippen molar-refractivity contribution >= 4 is 23.5 Å². The van der Waals surface area contributed by atoms with E-state index in [1.807, 2.05) is 19.9 Å². The Kier molecular flexibility index (Phi) is 12.5. The monoisotopic (exact) mass is 731 g/mol. The van der Waals surface area contributed by atoms with Crippen LogP contribution in [0, 0.1) is 39.9 Å². The average molecular weight is 732 g/mol. The molecule has 1 aliphatic carbocycles. The van der Waals surface area contributed by atoms with Crippen molar-refractivity contribution in [3.8, 4) is 11.8 Å². The number of nitriles is 1. The van der Waals surface area contributed by atoms with Gasteiger partial charge in [-0.3, -0.25) is 9.59 Å². The number of rotatable bonds is 9. The molecule has 11 nitrogen and oxygen atoms in total. The zero-order valence-corrected chi connectivity index (χ0v) is 32.3. The summed E-state index contributed by atoms with van der Waals surface area (Å²) in [5.74, 6) is -2.67. The highest BCUT2D eigenvalue weighted by Gasteiger charge is 2.59. The first-order valence-corrected chi connectivity index (χ1v) is 18.2. The topological polar surface area (TPSA) is 162 Å². The number of ether oxygens (including phenoxy) is 4. The lowest BCUT2D eigenvalue weighted by molar-refractivity contribution is -0.199. The summed E-state index contributed by atoms with van der Waals surface area (Å²) in [6, 6.07) is 9.61. The Hall–Kier alpha value is -4.69. The van der Waals surface area contributed by atoms with E-state index in [1.54, 1.807) is 60.6 Å². The number of aliphatic hydroxyl groups is 1. The molecule has 2 aromatic rings. The lowest BCUT2D eigenvalue weighted by Gasteiger charge is -2.57. The Labute approximate surface area is 312 Å². The molecule has 0 saturated heterocycles. The summed E-state index contributed by atoms with van der Waals surface area (Å²) in [5.41, 5.74) is -3.07. The van der Waals surface area contributed by atoms with Crippen molar-refractivity contribution in [2.45, 2.75) is 112 Å². The predicted octanol–water partition coefficient (Wildman–Crippen LogP) is 7.50. The number of benzene rings is 1.